The van der Waals surface area contributed by atoms with Crippen molar-refractivity contribution in [2.75, 3.05) is 13.7 Å². The third-order valence-electron chi connectivity index (χ3n) is 5.06. The van der Waals surface area contributed by atoms with Crippen molar-refractivity contribution in [3.63, 3.8) is 0 Å². The second-order valence-corrected chi connectivity index (χ2v) is 7.10. The SMILES string of the molecule is COc1ccc(-c2cc(C(=O)OCC(=O)c3ccc([N+](=O)[O-])cc3)c3ccccc3n2)cc1. The lowest BCUT2D eigenvalue weighted by Crippen LogP contribution is -2.15. The Hall–Kier alpha value is -4.59. The number of aromatic nitrogens is 1. The monoisotopic (exact) mass is 442 g/mol. The van der Waals surface area contributed by atoms with Gasteiger partial charge < -0.3 is 9.47 Å². The number of Topliss-reactive ketones (excluding diaryl/α,β-unsaturated/α-hetero) is 1. The number of rotatable bonds is 7. The molecule has 0 spiro atoms. The molecule has 0 fully saturated rings. The molecule has 0 amide bonds. The zero-order valence-corrected chi connectivity index (χ0v) is 17.6. The van der Waals surface area contributed by atoms with E-state index in [0.717, 1.165) is 5.56 Å². The fourth-order valence-electron chi connectivity index (χ4n) is 3.32. The predicted molar refractivity (Wildman–Crippen MR) is 121 cm³/mol. The normalized spacial score (nSPS) is 10.6. The van der Waals surface area contributed by atoms with Crippen LogP contribution in [-0.2, 0) is 4.74 Å². The van der Waals surface area contributed by atoms with Crippen LogP contribution in [0.5, 0.6) is 5.75 Å². The van der Waals surface area contributed by atoms with Gasteiger partial charge in [-0.05, 0) is 48.5 Å². The quantitative estimate of drug-likeness (QED) is 0.174. The summed E-state index contributed by atoms with van der Waals surface area (Å²) < 4.78 is 10.5. The number of para-hydroxylation sites is 1. The van der Waals surface area contributed by atoms with Gasteiger partial charge >= 0.3 is 5.97 Å². The number of nitrogens with zero attached hydrogens (tertiary/aromatic N) is 2. The Kier molecular flexibility index (Phi) is 6.08. The number of carbonyl (C=O) groups excluding carboxylic acids is 2. The first-order valence-electron chi connectivity index (χ1n) is 9.95. The lowest BCUT2D eigenvalue weighted by Gasteiger charge is -2.10. The summed E-state index contributed by atoms with van der Waals surface area (Å²) in [5.74, 6) is -0.436. The number of fused-ring (bicyclic) bond motifs is 1. The average Bonchev–Trinajstić information content (AvgIpc) is 2.86. The molecule has 164 valence electrons. The van der Waals surface area contributed by atoms with E-state index in [1.807, 2.05) is 18.2 Å². The number of esters is 1. The Morgan fingerprint density at radius 3 is 2.33 bits per heavy atom. The van der Waals surface area contributed by atoms with Gasteiger partial charge in [0, 0.05) is 28.6 Å². The zero-order valence-electron chi connectivity index (χ0n) is 17.6. The number of benzene rings is 3. The number of nitro benzene ring substituents is 1. The van der Waals surface area contributed by atoms with E-state index in [4.69, 9.17) is 9.47 Å². The highest BCUT2D eigenvalue weighted by Crippen LogP contribution is 2.27. The maximum atomic E-state index is 12.9. The van der Waals surface area contributed by atoms with Gasteiger partial charge in [-0.15, -0.1) is 0 Å². The molecular weight excluding hydrogens is 424 g/mol. The van der Waals surface area contributed by atoms with E-state index in [0.29, 0.717) is 22.3 Å². The van der Waals surface area contributed by atoms with Crippen molar-refractivity contribution in [1.82, 2.24) is 4.98 Å². The minimum atomic E-state index is -0.668. The summed E-state index contributed by atoms with van der Waals surface area (Å²) >= 11 is 0. The Bertz CT molecular complexity index is 1350. The lowest BCUT2D eigenvalue weighted by molar-refractivity contribution is -0.384. The van der Waals surface area contributed by atoms with Gasteiger partial charge in [0.1, 0.15) is 5.75 Å². The number of non-ortho nitro benzene ring substituents is 1. The van der Waals surface area contributed by atoms with Crippen LogP contribution in [0.25, 0.3) is 22.2 Å². The first-order valence-corrected chi connectivity index (χ1v) is 9.95. The van der Waals surface area contributed by atoms with Crippen LogP contribution < -0.4 is 4.74 Å². The number of carbonyl (C=O) groups is 2. The van der Waals surface area contributed by atoms with Gasteiger partial charge in [-0.25, -0.2) is 9.78 Å². The minimum absolute atomic E-state index is 0.127. The number of ether oxygens (including phenoxy) is 2. The van der Waals surface area contributed by atoms with E-state index < -0.39 is 23.3 Å². The molecule has 0 N–H and O–H groups in total. The van der Waals surface area contributed by atoms with Crippen LogP contribution in [0.4, 0.5) is 5.69 Å². The molecule has 0 aliphatic heterocycles. The van der Waals surface area contributed by atoms with Crippen LogP contribution in [0.2, 0.25) is 0 Å². The van der Waals surface area contributed by atoms with Crippen molar-refractivity contribution in [3.05, 3.63) is 100 Å². The van der Waals surface area contributed by atoms with Crippen molar-refractivity contribution in [2.24, 2.45) is 0 Å². The molecule has 4 aromatic rings. The second-order valence-electron chi connectivity index (χ2n) is 7.10. The number of pyridine rings is 1. The van der Waals surface area contributed by atoms with Gasteiger partial charge in [0.15, 0.2) is 12.4 Å². The van der Waals surface area contributed by atoms with Crippen LogP contribution in [0.1, 0.15) is 20.7 Å². The molecule has 8 heteroatoms. The van der Waals surface area contributed by atoms with Gasteiger partial charge in [0.05, 0.1) is 28.8 Å². The maximum absolute atomic E-state index is 12.9. The maximum Gasteiger partial charge on any atom is 0.339 e. The van der Waals surface area contributed by atoms with Crippen LogP contribution >= 0.6 is 0 Å². The summed E-state index contributed by atoms with van der Waals surface area (Å²) in [5, 5.41) is 11.4. The molecule has 0 saturated heterocycles. The minimum Gasteiger partial charge on any atom is -0.497 e. The van der Waals surface area contributed by atoms with Crippen LogP contribution in [0, 0.1) is 10.1 Å². The molecule has 0 aliphatic carbocycles. The lowest BCUT2D eigenvalue weighted by atomic mass is 10.0. The van der Waals surface area contributed by atoms with Crippen molar-refractivity contribution in [2.45, 2.75) is 0 Å². The predicted octanol–water partition coefficient (Wildman–Crippen LogP) is 4.86. The Labute approximate surface area is 188 Å². The number of hydrogen-bond acceptors (Lipinski definition) is 7. The molecule has 1 aromatic heterocycles. The first-order chi connectivity index (χ1) is 16.0. The molecule has 0 aliphatic rings. The second kappa shape index (κ2) is 9.27. The molecule has 33 heavy (non-hydrogen) atoms. The molecule has 0 saturated carbocycles. The topological polar surface area (TPSA) is 109 Å². The molecule has 4 rings (SSSR count). The molecular formula is C25H18N2O6. The highest BCUT2D eigenvalue weighted by Gasteiger charge is 2.18. The van der Waals surface area contributed by atoms with E-state index >= 15 is 0 Å². The number of hydrogen-bond donors (Lipinski definition) is 0. The van der Waals surface area contributed by atoms with Crippen LogP contribution in [0.3, 0.4) is 0 Å². The Morgan fingerprint density at radius 2 is 1.67 bits per heavy atom. The molecule has 1 heterocycles. The van der Waals surface area contributed by atoms with Crippen molar-refractivity contribution >= 4 is 28.3 Å². The molecule has 8 nitrogen and oxygen atoms in total. The Balaban J connectivity index is 1.59. The third-order valence-corrected chi connectivity index (χ3v) is 5.06. The molecule has 0 bridgehead atoms. The van der Waals surface area contributed by atoms with Crippen LogP contribution in [-0.4, -0.2) is 35.4 Å². The van der Waals surface area contributed by atoms with Gasteiger partial charge in [-0.3, -0.25) is 14.9 Å². The Morgan fingerprint density at radius 1 is 0.970 bits per heavy atom. The summed E-state index contributed by atoms with van der Waals surface area (Å²) in [4.78, 5) is 40.2. The standard InChI is InChI=1S/C25H18N2O6/c1-32-19-12-8-16(9-13-19)23-14-21(20-4-2-3-5-22(20)26-23)25(29)33-15-24(28)17-6-10-18(11-7-17)27(30)31/h2-14H,15H2,1H3. The summed E-state index contributed by atoms with van der Waals surface area (Å²) in [7, 11) is 1.58. The fourth-order valence-corrected chi connectivity index (χ4v) is 3.32. The first kappa shape index (κ1) is 21.6. The highest BCUT2D eigenvalue weighted by atomic mass is 16.6. The zero-order chi connectivity index (χ0) is 23.4. The summed E-state index contributed by atoms with van der Waals surface area (Å²) in [6.07, 6.45) is 0. The van der Waals surface area contributed by atoms with Gasteiger partial charge in [-0.2, -0.15) is 0 Å². The fraction of sp³-hybridized carbons (Fsp3) is 0.0800. The number of ketones is 1. The van der Waals surface area contributed by atoms with Crippen LogP contribution in [0.15, 0.2) is 78.9 Å². The van der Waals surface area contributed by atoms with Crippen molar-refractivity contribution < 1.29 is 24.0 Å². The van der Waals surface area contributed by atoms with E-state index in [1.54, 1.807) is 43.5 Å². The molecule has 0 atom stereocenters. The van der Waals surface area contributed by atoms with E-state index in [9.17, 15) is 19.7 Å². The molecule has 3 aromatic carbocycles. The van der Waals surface area contributed by atoms with Gasteiger partial charge in [0.2, 0.25) is 0 Å². The highest BCUT2D eigenvalue weighted by molar-refractivity contribution is 6.06. The van der Waals surface area contributed by atoms with Crippen molar-refractivity contribution in [1.29, 1.82) is 0 Å². The average molecular weight is 442 g/mol. The molecule has 0 radical (unpaired) electrons. The van der Waals surface area contributed by atoms with Crippen molar-refractivity contribution in [3.8, 4) is 17.0 Å². The van der Waals surface area contributed by atoms with Gasteiger partial charge in [-0.1, -0.05) is 18.2 Å². The number of methoxy groups -OCH3 is 1. The smallest absolute Gasteiger partial charge is 0.339 e. The largest absolute Gasteiger partial charge is 0.497 e. The number of nitro groups is 1. The summed E-state index contributed by atoms with van der Waals surface area (Å²) in [6.45, 7) is -0.495. The van der Waals surface area contributed by atoms with Gasteiger partial charge in [0.25, 0.3) is 5.69 Å². The van der Waals surface area contributed by atoms with E-state index in [2.05, 4.69) is 4.98 Å². The van der Waals surface area contributed by atoms with E-state index in [-0.39, 0.29) is 16.8 Å². The molecule has 0 unspecified atom stereocenters. The summed E-state index contributed by atoms with van der Waals surface area (Å²) in [6, 6.07) is 21.2. The summed E-state index contributed by atoms with van der Waals surface area (Å²) in [5.41, 5.74) is 2.34. The third kappa shape index (κ3) is 4.69. The van der Waals surface area contributed by atoms with E-state index in [1.165, 1.54) is 24.3 Å².